The molecule has 1 fully saturated rings. The molecule has 1 rings (SSSR count). The number of halogens is 8. The summed E-state index contributed by atoms with van der Waals surface area (Å²) in [5.41, 5.74) is -5.35. The molecule has 1 atom stereocenters. The summed E-state index contributed by atoms with van der Waals surface area (Å²) in [4.78, 5) is 10.8. The summed E-state index contributed by atoms with van der Waals surface area (Å²) in [6.45, 7) is 0.471. The van der Waals surface area contributed by atoms with E-state index in [4.69, 9.17) is 0 Å². The second kappa shape index (κ2) is 3.70. The van der Waals surface area contributed by atoms with Gasteiger partial charge in [0.25, 0.3) is 5.92 Å². The smallest absolute Gasteiger partial charge is 0.410 e. The maximum atomic E-state index is 12.9. The van der Waals surface area contributed by atoms with E-state index in [1.54, 1.807) is 0 Å². The molecular weight excluding hydrogens is 280 g/mol. The minimum atomic E-state index is -6.30. The highest BCUT2D eigenvalue weighted by Crippen LogP contribution is 2.78. The number of rotatable bonds is 2. The standard InChI is InChI=1S/C8H6F8O2/c1-2-18-4(17)3-5(6(3,9)10,7(11,12)13)8(14,15)16/h3H,2H2,1H3. The molecular formula is C8H6F8O2. The Bertz CT molecular complexity index is 341. The van der Waals surface area contributed by atoms with Crippen LogP contribution in [0.4, 0.5) is 35.1 Å². The Balaban J connectivity index is 3.28. The highest BCUT2D eigenvalue weighted by Gasteiger charge is 3.03. The number of carbonyl (C=O) groups excluding carboxylic acids is 1. The van der Waals surface area contributed by atoms with Crippen molar-refractivity contribution in [2.24, 2.45) is 11.3 Å². The third-order valence-corrected chi connectivity index (χ3v) is 2.65. The van der Waals surface area contributed by atoms with Crippen molar-refractivity contribution >= 4 is 5.97 Å². The largest absolute Gasteiger partial charge is 0.466 e. The van der Waals surface area contributed by atoms with Crippen LogP contribution in [0, 0.1) is 11.3 Å². The zero-order valence-electron chi connectivity index (χ0n) is 8.62. The first-order valence-electron chi connectivity index (χ1n) is 4.53. The van der Waals surface area contributed by atoms with Gasteiger partial charge in [-0.2, -0.15) is 26.3 Å². The van der Waals surface area contributed by atoms with Gasteiger partial charge in [-0.05, 0) is 6.92 Å². The maximum Gasteiger partial charge on any atom is 0.410 e. The first-order chi connectivity index (χ1) is 7.85. The van der Waals surface area contributed by atoms with Crippen molar-refractivity contribution in [3.8, 4) is 0 Å². The zero-order chi connectivity index (χ0) is 14.6. The lowest BCUT2D eigenvalue weighted by Gasteiger charge is -2.22. The van der Waals surface area contributed by atoms with Crippen LogP contribution in [-0.2, 0) is 9.53 Å². The lowest BCUT2D eigenvalue weighted by atomic mass is 10.0. The molecule has 0 amide bonds. The fourth-order valence-electron chi connectivity index (χ4n) is 1.82. The van der Waals surface area contributed by atoms with E-state index in [0.717, 1.165) is 6.92 Å². The van der Waals surface area contributed by atoms with Crippen molar-refractivity contribution in [3.05, 3.63) is 0 Å². The van der Waals surface area contributed by atoms with Gasteiger partial charge in [0, 0.05) is 0 Å². The summed E-state index contributed by atoms with van der Waals surface area (Å²) in [5, 5.41) is 0. The first kappa shape index (κ1) is 15.0. The molecule has 1 unspecified atom stereocenters. The van der Waals surface area contributed by atoms with E-state index in [1.165, 1.54) is 0 Å². The van der Waals surface area contributed by atoms with Crippen molar-refractivity contribution in [1.82, 2.24) is 0 Å². The summed E-state index contributed by atoms with van der Waals surface area (Å²) in [6, 6.07) is 0. The van der Waals surface area contributed by atoms with Crippen LogP contribution in [0.5, 0.6) is 0 Å². The van der Waals surface area contributed by atoms with E-state index in [2.05, 4.69) is 4.74 Å². The molecule has 0 N–H and O–H groups in total. The van der Waals surface area contributed by atoms with Crippen molar-refractivity contribution in [2.45, 2.75) is 25.2 Å². The molecule has 0 saturated heterocycles. The highest BCUT2D eigenvalue weighted by molar-refractivity contribution is 5.80. The van der Waals surface area contributed by atoms with Gasteiger partial charge in [-0.3, -0.25) is 4.79 Å². The molecule has 0 aromatic rings. The minimum absolute atomic E-state index is 0.600. The van der Waals surface area contributed by atoms with Gasteiger partial charge in [0.2, 0.25) is 5.41 Å². The number of hydrogen-bond acceptors (Lipinski definition) is 2. The molecule has 0 aliphatic heterocycles. The average Bonchev–Trinajstić information content (AvgIpc) is 2.62. The van der Waals surface area contributed by atoms with E-state index in [-0.39, 0.29) is 0 Å². The number of carbonyl (C=O) groups is 1. The molecule has 10 heteroatoms. The van der Waals surface area contributed by atoms with Gasteiger partial charge in [-0.25, -0.2) is 8.78 Å². The molecule has 0 spiro atoms. The Morgan fingerprint density at radius 3 is 1.72 bits per heavy atom. The van der Waals surface area contributed by atoms with Gasteiger partial charge < -0.3 is 4.74 Å². The number of ether oxygens (including phenoxy) is 1. The SMILES string of the molecule is CCOC(=O)C1C(F)(F)C1(C(F)(F)F)C(F)(F)F. The van der Waals surface area contributed by atoms with Crippen molar-refractivity contribution in [3.63, 3.8) is 0 Å². The van der Waals surface area contributed by atoms with Crippen LogP contribution in [0.25, 0.3) is 0 Å². The average molecular weight is 286 g/mol. The zero-order valence-corrected chi connectivity index (χ0v) is 8.62. The molecule has 0 bridgehead atoms. The summed E-state index contributed by atoms with van der Waals surface area (Å²) in [6.07, 6.45) is -12.6. The van der Waals surface area contributed by atoms with Gasteiger partial charge >= 0.3 is 18.3 Å². The molecule has 0 radical (unpaired) electrons. The molecule has 1 saturated carbocycles. The Morgan fingerprint density at radius 1 is 1.11 bits per heavy atom. The third kappa shape index (κ3) is 1.57. The molecule has 18 heavy (non-hydrogen) atoms. The van der Waals surface area contributed by atoms with Crippen LogP contribution in [0.1, 0.15) is 6.92 Å². The first-order valence-corrected chi connectivity index (χ1v) is 4.53. The molecule has 106 valence electrons. The third-order valence-electron chi connectivity index (χ3n) is 2.65. The Labute approximate surface area is 94.9 Å². The lowest BCUT2D eigenvalue weighted by Crippen LogP contribution is -2.44. The molecule has 1 aliphatic carbocycles. The van der Waals surface area contributed by atoms with Gasteiger partial charge in [0.05, 0.1) is 6.61 Å². The van der Waals surface area contributed by atoms with Crippen molar-refractivity contribution in [1.29, 1.82) is 0 Å². The fraction of sp³-hybridized carbons (Fsp3) is 0.875. The van der Waals surface area contributed by atoms with E-state index in [9.17, 15) is 39.9 Å². The number of hydrogen-bond donors (Lipinski definition) is 0. The second-order valence-electron chi connectivity index (χ2n) is 3.61. The lowest BCUT2D eigenvalue weighted by molar-refractivity contribution is -0.324. The molecule has 0 heterocycles. The van der Waals surface area contributed by atoms with Crippen LogP contribution < -0.4 is 0 Å². The molecule has 2 nitrogen and oxygen atoms in total. The van der Waals surface area contributed by atoms with Crippen LogP contribution >= 0.6 is 0 Å². The molecule has 1 aliphatic rings. The van der Waals surface area contributed by atoms with E-state index < -0.39 is 42.2 Å². The fourth-order valence-corrected chi connectivity index (χ4v) is 1.82. The number of alkyl halides is 8. The highest BCUT2D eigenvalue weighted by atomic mass is 19.4. The summed E-state index contributed by atoms with van der Waals surface area (Å²) < 4.78 is 104. The van der Waals surface area contributed by atoms with Crippen molar-refractivity contribution < 1.29 is 44.7 Å². The van der Waals surface area contributed by atoms with E-state index >= 15 is 0 Å². The molecule has 0 aromatic heterocycles. The van der Waals surface area contributed by atoms with Gasteiger partial charge in [-0.15, -0.1) is 0 Å². The summed E-state index contributed by atoms with van der Waals surface area (Å²) >= 11 is 0. The van der Waals surface area contributed by atoms with Gasteiger partial charge in [0.1, 0.15) is 0 Å². The van der Waals surface area contributed by atoms with Gasteiger partial charge in [0.15, 0.2) is 5.92 Å². The normalized spacial score (nSPS) is 25.7. The van der Waals surface area contributed by atoms with Crippen LogP contribution in [0.15, 0.2) is 0 Å². The molecule has 0 aromatic carbocycles. The maximum absolute atomic E-state index is 12.9. The van der Waals surface area contributed by atoms with E-state index in [1.807, 2.05) is 0 Å². The summed E-state index contributed by atoms with van der Waals surface area (Å²) in [5.74, 6) is -11.0. The van der Waals surface area contributed by atoms with Gasteiger partial charge in [-0.1, -0.05) is 0 Å². The van der Waals surface area contributed by atoms with Crippen LogP contribution in [0.3, 0.4) is 0 Å². The topological polar surface area (TPSA) is 26.3 Å². The number of esters is 1. The quantitative estimate of drug-likeness (QED) is 0.576. The predicted octanol–water partition coefficient (Wildman–Crippen LogP) is 2.93. The van der Waals surface area contributed by atoms with Crippen LogP contribution in [0.2, 0.25) is 0 Å². The second-order valence-corrected chi connectivity index (χ2v) is 3.61. The summed E-state index contributed by atoms with van der Waals surface area (Å²) in [7, 11) is 0. The van der Waals surface area contributed by atoms with Crippen molar-refractivity contribution in [2.75, 3.05) is 6.61 Å². The van der Waals surface area contributed by atoms with Crippen LogP contribution in [-0.4, -0.2) is 30.9 Å². The predicted molar refractivity (Wildman–Crippen MR) is 39.6 cm³/mol. The monoisotopic (exact) mass is 286 g/mol. The van der Waals surface area contributed by atoms with E-state index in [0.29, 0.717) is 0 Å². The Hall–Kier alpha value is -1.09. The Kier molecular flexibility index (Phi) is 3.08. The Morgan fingerprint density at radius 2 is 1.50 bits per heavy atom. The minimum Gasteiger partial charge on any atom is -0.466 e.